The second-order valence-corrected chi connectivity index (χ2v) is 10.3. The molecule has 0 amide bonds. The Hall–Kier alpha value is -4.39. The number of methoxy groups -OCH3 is 4. The molecule has 0 fully saturated rings. The van der Waals surface area contributed by atoms with Crippen LogP contribution in [-0.2, 0) is 6.42 Å². The van der Waals surface area contributed by atoms with E-state index in [2.05, 4.69) is 18.2 Å². The molecule has 0 unspecified atom stereocenters. The van der Waals surface area contributed by atoms with Gasteiger partial charge in [0.05, 0.1) is 46.2 Å². The van der Waals surface area contributed by atoms with Gasteiger partial charge < -0.3 is 28.4 Å². The Morgan fingerprint density at radius 1 is 0.925 bits per heavy atom. The summed E-state index contributed by atoms with van der Waals surface area (Å²) in [4.78, 5) is 13.1. The molecule has 0 aliphatic carbocycles. The van der Waals surface area contributed by atoms with Gasteiger partial charge in [0.25, 0.3) is 0 Å². The predicted molar refractivity (Wildman–Crippen MR) is 155 cm³/mol. The molecule has 1 atom stereocenters. The Bertz CT molecular complexity index is 1500. The Kier molecular flexibility index (Phi) is 7.48. The van der Waals surface area contributed by atoms with Gasteiger partial charge in [-0.1, -0.05) is 6.07 Å². The number of benzene rings is 3. The van der Waals surface area contributed by atoms with E-state index >= 15 is 0 Å². The van der Waals surface area contributed by atoms with Gasteiger partial charge in [0.1, 0.15) is 40.1 Å². The lowest BCUT2D eigenvalue weighted by Gasteiger charge is -2.32. The summed E-state index contributed by atoms with van der Waals surface area (Å²) < 4.78 is 34.5. The quantitative estimate of drug-likeness (QED) is 0.237. The lowest BCUT2D eigenvalue weighted by molar-refractivity contribution is 0.104. The van der Waals surface area contributed by atoms with E-state index in [1.165, 1.54) is 13.2 Å². The van der Waals surface area contributed by atoms with E-state index in [1.54, 1.807) is 45.6 Å². The number of allylic oxidation sites excluding steroid dienone is 1. The first-order valence-corrected chi connectivity index (χ1v) is 13.1. The highest BCUT2D eigenvalue weighted by Crippen LogP contribution is 2.45. The van der Waals surface area contributed by atoms with Gasteiger partial charge in [-0.3, -0.25) is 4.79 Å². The molecule has 0 saturated heterocycles. The summed E-state index contributed by atoms with van der Waals surface area (Å²) in [6, 6.07) is 13.1. The van der Waals surface area contributed by atoms with E-state index in [0.29, 0.717) is 35.2 Å². The molecular weight excluding hydrogens is 508 g/mol. The molecule has 2 heterocycles. The molecule has 2 aliphatic rings. The number of ether oxygens (including phenoxy) is 6. The van der Waals surface area contributed by atoms with Crippen molar-refractivity contribution >= 4 is 17.9 Å². The Morgan fingerprint density at radius 2 is 1.70 bits per heavy atom. The molecule has 7 nitrogen and oxygen atoms in total. The fourth-order valence-corrected chi connectivity index (χ4v) is 5.17. The van der Waals surface area contributed by atoms with Gasteiger partial charge in [-0.05, 0) is 74.4 Å². The number of carbonyl (C=O) groups excluding carboxylic acids is 1. The number of hydrogen-bond acceptors (Lipinski definition) is 7. The fourth-order valence-electron chi connectivity index (χ4n) is 5.17. The van der Waals surface area contributed by atoms with Gasteiger partial charge in [0.15, 0.2) is 5.78 Å². The molecule has 0 bridgehead atoms. The second-order valence-electron chi connectivity index (χ2n) is 10.3. The lowest BCUT2D eigenvalue weighted by atomic mass is 9.87. The maximum Gasteiger partial charge on any atom is 0.189 e. The molecule has 0 saturated carbocycles. The van der Waals surface area contributed by atoms with Crippen LogP contribution in [-0.4, -0.2) is 46.4 Å². The minimum atomic E-state index is -0.349. The van der Waals surface area contributed by atoms with Crippen LogP contribution in [0, 0.1) is 0 Å². The highest BCUT2D eigenvalue weighted by atomic mass is 16.5. The molecule has 208 valence electrons. The highest BCUT2D eigenvalue weighted by Gasteiger charge is 2.30. The Balaban J connectivity index is 1.45. The van der Waals surface area contributed by atoms with Gasteiger partial charge in [-0.25, -0.2) is 0 Å². The van der Waals surface area contributed by atoms with Crippen molar-refractivity contribution in [2.24, 2.45) is 0 Å². The van der Waals surface area contributed by atoms with Crippen molar-refractivity contribution in [3.05, 3.63) is 82.4 Å². The van der Waals surface area contributed by atoms with Crippen LogP contribution in [0.25, 0.3) is 12.2 Å². The molecule has 5 rings (SSSR count). The molecular formula is C33H34O7. The first-order chi connectivity index (χ1) is 19.3. The third-order valence-corrected chi connectivity index (χ3v) is 7.27. The lowest BCUT2D eigenvalue weighted by Crippen LogP contribution is -2.28. The van der Waals surface area contributed by atoms with Gasteiger partial charge in [0, 0.05) is 29.2 Å². The van der Waals surface area contributed by atoms with Crippen LogP contribution >= 0.6 is 0 Å². The van der Waals surface area contributed by atoms with Gasteiger partial charge in [0.2, 0.25) is 0 Å². The first kappa shape index (κ1) is 27.2. The van der Waals surface area contributed by atoms with Crippen molar-refractivity contribution < 1.29 is 33.2 Å². The summed E-state index contributed by atoms with van der Waals surface area (Å²) in [5.41, 5.74) is 3.92. The molecule has 2 aliphatic heterocycles. The minimum Gasteiger partial charge on any atom is -0.497 e. The number of rotatable bonds is 8. The minimum absolute atomic E-state index is 0.0425. The standard InChI is InChI=1S/C33H34O7/c1-33(2)14-13-25-28(40-33)12-8-21-15-22(19-39-32(21)25)26-16-20(29(36-4)18-31(26)38-6)7-11-27(34)24-10-9-23(35-3)17-30(24)37-5/h7-14,16-18,22H,15,19H2,1-6H3/b11-7+/t22-/m0/s1. The zero-order valence-corrected chi connectivity index (χ0v) is 23.7. The van der Waals surface area contributed by atoms with Gasteiger partial charge in [-0.15, -0.1) is 0 Å². The Morgan fingerprint density at radius 3 is 2.42 bits per heavy atom. The van der Waals surface area contributed by atoms with Crippen LogP contribution in [0.4, 0.5) is 0 Å². The zero-order chi connectivity index (χ0) is 28.4. The largest absolute Gasteiger partial charge is 0.497 e. The maximum atomic E-state index is 13.1. The van der Waals surface area contributed by atoms with E-state index in [1.807, 2.05) is 32.0 Å². The monoisotopic (exact) mass is 542 g/mol. The second kappa shape index (κ2) is 11.0. The molecule has 0 N–H and O–H groups in total. The summed E-state index contributed by atoms with van der Waals surface area (Å²) in [5.74, 6) is 3.91. The number of carbonyl (C=O) groups is 1. The van der Waals surface area contributed by atoms with Crippen LogP contribution in [0.3, 0.4) is 0 Å². The molecule has 0 spiro atoms. The van der Waals surface area contributed by atoms with E-state index in [-0.39, 0.29) is 17.3 Å². The first-order valence-electron chi connectivity index (χ1n) is 13.1. The maximum absolute atomic E-state index is 13.1. The van der Waals surface area contributed by atoms with Crippen molar-refractivity contribution in [3.63, 3.8) is 0 Å². The molecule has 0 radical (unpaired) electrons. The predicted octanol–water partition coefficient (Wildman–Crippen LogP) is 6.52. The van der Waals surface area contributed by atoms with Crippen LogP contribution in [0.15, 0.2) is 54.6 Å². The summed E-state index contributed by atoms with van der Waals surface area (Å²) in [7, 11) is 6.34. The summed E-state index contributed by atoms with van der Waals surface area (Å²) in [5, 5.41) is 0. The molecule has 7 heteroatoms. The van der Waals surface area contributed by atoms with E-state index in [9.17, 15) is 4.79 Å². The summed E-state index contributed by atoms with van der Waals surface area (Å²) in [6.07, 6.45) is 8.19. The van der Waals surface area contributed by atoms with Crippen LogP contribution in [0.2, 0.25) is 0 Å². The summed E-state index contributed by atoms with van der Waals surface area (Å²) in [6.45, 7) is 4.55. The normalized spacial score (nSPS) is 16.8. The van der Waals surface area contributed by atoms with Gasteiger partial charge in [-0.2, -0.15) is 0 Å². The third kappa shape index (κ3) is 5.24. The van der Waals surface area contributed by atoms with Crippen LogP contribution in [0.1, 0.15) is 52.4 Å². The van der Waals surface area contributed by atoms with Gasteiger partial charge >= 0.3 is 0 Å². The Labute approximate surface area is 234 Å². The van der Waals surface area contributed by atoms with Crippen molar-refractivity contribution in [2.75, 3.05) is 35.0 Å². The van der Waals surface area contributed by atoms with Crippen molar-refractivity contribution in [2.45, 2.75) is 31.8 Å². The summed E-state index contributed by atoms with van der Waals surface area (Å²) >= 11 is 0. The zero-order valence-electron chi connectivity index (χ0n) is 23.7. The van der Waals surface area contributed by atoms with Crippen molar-refractivity contribution in [1.29, 1.82) is 0 Å². The molecule has 3 aromatic rings. The number of fused-ring (bicyclic) bond motifs is 3. The topological polar surface area (TPSA) is 72.5 Å². The van der Waals surface area contributed by atoms with Crippen molar-refractivity contribution in [3.8, 4) is 34.5 Å². The molecule has 3 aromatic carbocycles. The van der Waals surface area contributed by atoms with Crippen LogP contribution in [0.5, 0.6) is 34.5 Å². The van der Waals surface area contributed by atoms with E-state index < -0.39 is 0 Å². The van der Waals surface area contributed by atoms with Crippen molar-refractivity contribution in [1.82, 2.24) is 0 Å². The fraction of sp³-hybridized carbons (Fsp3) is 0.303. The third-order valence-electron chi connectivity index (χ3n) is 7.27. The average Bonchev–Trinajstić information content (AvgIpc) is 2.97. The number of hydrogen-bond donors (Lipinski definition) is 0. The number of ketones is 1. The molecule has 40 heavy (non-hydrogen) atoms. The smallest absolute Gasteiger partial charge is 0.189 e. The van der Waals surface area contributed by atoms with Crippen LogP contribution < -0.4 is 28.4 Å². The van der Waals surface area contributed by atoms with E-state index in [4.69, 9.17) is 28.4 Å². The van der Waals surface area contributed by atoms with E-state index in [0.717, 1.165) is 40.2 Å². The average molecular weight is 543 g/mol. The molecule has 0 aromatic heterocycles. The SMILES string of the molecule is COc1ccc(C(=O)/C=C/c2cc([C@@H]3COc4c(ccc5c4C=CC(C)(C)O5)C3)c(OC)cc2OC)c(OC)c1. The highest BCUT2D eigenvalue weighted by molar-refractivity contribution is 6.09.